The Hall–Kier alpha value is -0.570. The summed E-state index contributed by atoms with van der Waals surface area (Å²) in [6.07, 6.45) is 5.16. The molecule has 0 aromatic carbocycles. The number of amides is 1. The highest BCUT2D eigenvalue weighted by Gasteiger charge is 2.27. The van der Waals surface area contributed by atoms with Crippen molar-refractivity contribution in [2.45, 2.75) is 46.5 Å². The van der Waals surface area contributed by atoms with E-state index in [-0.39, 0.29) is 5.91 Å². The van der Waals surface area contributed by atoms with Crippen molar-refractivity contribution in [1.82, 2.24) is 5.32 Å². The minimum Gasteiger partial charge on any atom is -0.355 e. The van der Waals surface area contributed by atoms with Crippen LogP contribution in [0.3, 0.4) is 0 Å². The lowest BCUT2D eigenvalue weighted by molar-refractivity contribution is -0.129. The highest BCUT2D eigenvalue weighted by Crippen LogP contribution is 2.28. The standard InChI is InChI=1S/C13H26N2O/c1-10-5-4-6-11(7-10)8-15-12(16)13(2,3)9-14/h10-11H,4-9,14H2,1-3H3,(H,15,16). The Morgan fingerprint density at radius 2 is 2.12 bits per heavy atom. The third kappa shape index (κ3) is 3.78. The van der Waals surface area contributed by atoms with Crippen LogP contribution in [-0.2, 0) is 4.79 Å². The van der Waals surface area contributed by atoms with Gasteiger partial charge < -0.3 is 11.1 Å². The van der Waals surface area contributed by atoms with Crippen molar-refractivity contribution < 1.29 is 4.79 Å². The van der Waals surface area contributed by atoms with Gasteiger partial charge in [0.25, 0.3) is 0 Å². The second-order valence-corrected chi connectivity index (χ2v) is 5.94. The van der Waals surface area contributed by atoms with Crippen LogP contribution in [0.2, 0.25) is 0 Å². The van der Waals surface area contributed by atoms with E-state index in [0.717, 1.165) is 12.5 Å². The minimum absolute atomic E-state index is 0.0910. The molecule has 1 amide bonds. The molecule has 2 unspecified atom stereocenters. The van der Waals surface area contributed by atoms with Crippen molar-refractivity contribution in [3.8, 4) is 0 Å². The first-order valence-corrected chi connectivity index (χ1v) is 6.44. The molecule has 1 aliphatic carbocycles. The van der Waals surface area contributed by atoms with E-state index < -0.39 is 5.41 Å². The van der Waals surface area contributed by atoms with Crippen molar-refractivity contribution in [3.05, 3.63) is 0 Å². The van der Waals surface area contributed by atoms with Crippen molar-refractivity contribution in [2.24, 2.45) is 23.0 Å². The summed E-state index contributed by atoms with van der Waals surface area (Å²) in [5, 5.41) is 3.05. The Labute approximate surface area is 99.2 Å². The fourth-order valence-corrected chi connectivity index (χ4v) is 2.31. The third-order valence-electron chi connectivity index (χ3n) is 3.72. The molecule has 0 aromatic heterocycles. The van der Waals surface area contributed by atoms with Crippen LogP contribution in [0.25, 0.3) is 0 Å². The first-order valence-electron chi connectivity index (χ1n) is 6.44. The Bertz CT molecular complexity index is 238. The van der Waals surface area contributed by atoms with E-state index in [9.17, 15) is 4.79 Å². The number of hydrogen-bond donors (Lipinski definition) is 2. The fraction of sp³-hybridized carbons (Fsp3) is 0.923. The summed E-state index contributed by atoms with van der Waals surface area (Å²) in [5.41, 5.74) is 5.15. The van der Waals surface area contributed by atoms with E-state index in [1.165, 1.54) is 25.7 Å². The van der Waals surface area contributed by atoms with Crippen molar-refractivity contribution in [1.29, 1.82) is 0 Å². The van der Waals surface area contributed by atoms with Gasteiger partial charge in [-0.05, 0) is 38.5 Å². The fourth-order valence-electron chi connectivity index (χ4n) is 2.31. The molecule has 0 aromatic rings. The Morgan fingerprint density at radius 1 is 1.44 bits per heavy atom. The molecule has 1 rings (SSSR count). The SMILES string of the molecule is CC1CCCC(CNC(=O)C(C)(C)CN)C1. The Kier molecular flexibility index (Phi) is 4.78. The predicted molar refractivity (Wildman–Crippen MR) is 67.0 cm³/mol. The summed E-state index contributed by atoms with van der Waals surface area (Å²) in [4.78, 5) is 11.8. The molecule has 0 spiro atoms. The molecule has 3 nitrogen and oxygen atoms in total. The van der Waals surface area contributed by atoms with Crippen LogP contribution < -0.4 is 11.1 Å². The second-order valence-electron chi connectivity index (χ2n) is 5.94. The van der Waals surface area contributed by atoms with Crippen LogP contribution >= 0.6 is 0 Å². The molecule has 0 aliphatic heterocycles. The van der Waals surface area contributed by atoms with Gasteiger partial charge in [-0.2, -0.15) is 0 Å². The monoisotopic (exact) mass is 226 g/mol. The zero-order chi connectivity index (χ0) is 12.2. The van der Waals surface area contributed by atoms with Crippen LogP contribution in [0, 0.1) is 17.3 Å². The summed E-state index contributed by atoms with van der Waals surface area (Å²) in [5.74, 6) is 1.58. The number of nitrogens with one attached hydrogen (secondary N) is 1. The van der Waals surface area contributed by atoms with Gasteiger partial charge in [-0.3, -0.25) is 4.79 Å². The molecule has 2 atom stereocenters. The summed E-state index contributed by atoms with van der Waals surface area (Å²) < 4.78 is 0. The van der Waals surface area contributed by atoms with Gasteiger partial charge in [-0.1, -0.05) is 19.8 Å². The predicted octanol–water partition coefficient (Wildman–Crippen LogP) is 1.91. The summed E-state index contributed by atoms with van der Waals surface area (Å²) in [7, 11) is 0. The van der Waals surface area contributed by atoms with Gasteiger partial charge in [0.1, 0.15) is 0 Å². The lowest BCUT2D eigenvalue weighted by Crippen LogP contribution is -2.43. The van der Waals surface area contributed by atoms with E-state index in [4.69, 9.17) is 5.73 Å². The molecule has 3 N–H and O–H groups in total. The van der Waals surface area contributed by atoms with Gasteiger partial charge >= 0.3 is 0 Å². The van der Waals surface area contributed by atoms with E-state index in [0.29, 0.717) is 12.5 Å². The molecule has 1 saturated carbocycles. The molecule has 0 saturated heterocycles. The molecular formula is C13H26N2O. The molecule has 16 heavy (non-hydrogen) atoms. The van der Waals surface area contributed by atoms with Crippen LogP contribution in [0.15, 0.2) is 0 Å². The van der Waals surface area contributed by atoms with E-state index >= 15 is 0 Å². The van der Waals surface area contributed by atoms with Crippen LogP contribution in [0.1, 0.15) is 46.5 Å². The van der Waals surface area contributed by atoms with Gasteiger partial charge in [0.2, 0.25) is 5.91 Å². The van der Waals surface area contributed by atoms with E-state index in [1.807, 2.05) is 13.8 Å². The third-order valence-corrected chi connectivity index (χ3v) is 3.72. The molecular weight excluding hydrogens is 200 g/mol. The Morgan fingerprint density at radius 3 is 2.69 bits per heavy atom. The highest BCUT2D eigenvalue weighted by molar-refractivity contribution is 5.81. The maximum Gasteiger partial charge on any atom is 0.226 e. The van der Waals surface area contributed by atoms with Crippen LogP contribution in [0.5, 0.6) is 0 Å². The van der Waals surface area contributed by atoms with Crippen molar-refractivity contribution in [2.75, 3.05) is 13.1 Å². The van der Waals surface area contributed by atoms with Gasteiger partial charge in [0.15, 0.2) is 0 Å². The molecule has 0 radical (unpaired) electrons. The molecule has 0 heterocycles. The zero-order valence-corrected chi connectivity index (χ0v) is 10.9. The summed E-state index contributed by atoms with van der Waals surface area (Å²) >= 11 is 0. The van der Waals surface area contributed by atoms with Crippen LogP contribution in [0.4, 0.5) is 0 Å². The van der Waals surface area contributed by atoms with Gasteiger partial charge in [-0.25, -0.2) is 0 Å². The molecule has 3 heteroatoms. The zero-order valence-electron chi connectivity index (χ0n) is 10.9. The second kappa shape index (κ2) is 5.67. The van der Waals surface area contributed by atoms with E-state index in [2.05, 4.69) is 12.2 Å². The first-order chi connectivity index (χ1) is 7.45. The minimum atomic E-state index is -0.430. The van der Waals surface area contributed by atoms with Crippen molar-refractivity contribution in [3.63, 3.8) is 0 Å². The molecule has 1 fully saturated rings. The van der Waals surface area contributed by atoms with Crippen molar-refractivity contribution >= 4 is 5.91 Å². The smallest absolute Gasteiger partial charge is 0.226 e. The lowest BCUT2D eigenvalue weighted by Gasteiger charge is -2.28. The largest absolute Gasteiger partial charge is 0.355 e. The highest BCUT2D eigenvalue weighted by atomic mass is 16.2. The maximum absolute atomic E-state index is 11.8. The van der Waals surface area contributed by atoms with Gasteiger partial charge in [0.05, 0.1) is 5.41 Å². The summed E-state index contributed by atoms with van der Waals surface area (Å²) in [6, 6.07) is 0. The first kappa shape index (κ1) is 13.5. The average molecular weight is 226 g/mol. The summed E-state index contributed by atoms with van der Waals surface area (Å²) in [6.45, 7) is 7.32. The maximum atomic E-state index is 11.8. The lowest BCUT2D eigenvalue weighted by atomic mass is 9.82. The number of carbonyl (C=O) groups is 1. The van der Waals surface area contributed by atoms with Crippen LogP contribution in [-0.4, -0.2) is 19.0 Å². The molecule has 1 aliphatic rings. The number of nitrogens with two attached hydrogens (primary N) is 1. The molecule has 0 bridgehead atoms. The Balaban J connectivity index is 2.31. The quantitative estimate of drug-likeness (QED) is 0.769. The number of hydrogen-bond acceptors (Lipinski definition) is 2. The van der Waals surface area contributed by atoms with Gasteiger partial charge in [-0.15, -0.1) is 0 Å². The van der Waals surface area contributed by atoms with E-state index in [1.54, 1.807) is 0 Å². The topological polar surface area (TPSA) is 55.1 Å². The number of carbonyl (C=O) groups excluding carboxylic acids is 1. The normalized spacial score (nSPS) is 26.5. The number of rotatable bonds is 4. The van der Waals surface area contributed by atoms with Gasteiger partial charge in [0, 0.05) is 13.1 Å². The average Bonchev–Trinajstić information content (AvgIpc) is 2.26. The molecule has 94 valence electrons.